The fourth-order valence-corrected chi connectivity index (χ4v) is 1.02. The second-order valence-electron chi connectivity index (χ2n) is 6.86. The molecule has 0 aliphatic carbocycles. The molecule has 0 rings (SSSR count). The van der Waals surface area contributed by atoms with Crippen molar-refractivity contribution in [3.8, 4) is 0 Å². The van der Waals surface area contributed by atoms with Crippen molar-refractivity contribution in [3.63, 3.8) is 0 Å². The molecular formula is C14H30O2. The normalized spacial score (nSPS) is 19.3. The minimum absolute atomic E-state index is 0.150. The number of hydrogen-bond donors (Lipinski definition) is 0. The van der Waals surface area contributed by atoms with E-state index in [9.17, 15) is 0 Å². The van der Waals surface area contributed by atoms with E-state index in [1.54, 1.807) is 0 Å². The van der Waals surface area contributed by atoms with Gasteiger partial charge in [-0.25, -0.2) is 0 Å². The van der Waals surface area contributed by atoms with Gasteiger partial charge in [0.25, 0.3) is 0 Å². The van der Waals surface area contributed by atoms with Crippen LogP contribution in [-0.2, 0) is 9.47 Å². The van der Waals surface area contributed by atoms with Gasteiger partial charge in [0, 0.05) is 0 Å². The molecule has 0 aromatic carbocycles. The van der Waals surface area contributed by atoms with Crippen LogP contribution in [0.2, 0.25) is 0 Å². The Morgan fingerprint density at radius 3 is 1.06 bits per heavy atom. The van der Waals surface area contributed by atoms with Gasteiger partial charge in [0.05, 0.1) is 12.2 Å². The Labute approximate surface area is 102 Å². The van der Waals surface area contributed by atoms with E-state index in [1.165, 1.54) is 0 Å². The third kappa shape index (κ3) is 5.86. The lowest BCUT2D eigenvalue weighted by molar-refractivity contribution is -0.210. The van der Waals surface area contributed by atoms with E-state index in [2.05, 4.69) is 55.4 Å². The van der Waals surface area contributed by atoms with Crippen LogP contribution in [0.3, 0.4) is 0 Å². The quantitative estimate of drug-likeness (QED) is 0.673. The predicted molar refractivity (Wildman–Crippen MR) is 69.5 cm³/mol. The predicted octanol–water partition coefficient (Wildman–Crippen LogP) is 4.23. The largest absolute Gasteiger partial charge is 0.349 e. The van der Waals surface area contributed by atoms with Crippen molar-refractivity contribution >= 4 is 0 Å². The first-order valence-electron chi connectivity index (χ1n) is 6.25. The molecule has 98 valence electrons. The molecule has 0 radical (unpaired) electrons. The summed E-state index contributed by atoms with van der Waals surface area (Å²) in [5, 5.41) is 0. The highest BCUT2D eigenvalue weighted by molar-refractivity contribution is 4.72. The maximum absolute atomic E-state index is 5.86. The molecule has 0 fully saturated rings. The third-order valence-electron chi connectivity index (χ3n) is 3.23. The van der Waals surface area contributed by atoms with Gasteiger partial charge in [-0.3, -0.25) is 0 Å². The van der Waals surface area contributed by atoms with Crippen molar-refractivity contribution in [2.75, 3.05) is 0 Å². The van der Waals surface area contributed by atoms with Crippen LogP contribution in [0.25, 0.3) is 0 Å². The number of hydrogen-bond acceptors (Lipinski definition) is 2. The summed E-state index contributed by atoms with van der Waals surface area (Å²) in [4.78, 5) is 0. The van der Waals surface area contributed by atoms with Crippen LogP contribution in [0, 0.1) is 10.8 Å². The van der Waals surface area contributed by atoms with Crippen molar-refractivity contribution in [2.45, 2.75) is 80.8 Å². The Bertz CT molecular complexity index is 176. The van der Waals surface area contributed by atoms with Gasteiger partial charge < -0.3 is 9.47 Å². The molecule has 2 nitrogen and oxygen atoms in total. The van der Waals surface area contributed by atoms with Crippen molar-refractivity contribution in [1.82, 2.24) is 0 Å². The van der Waals surface area contributed by atoms with E-state index in [-0.39, 0.29) is 29.3 Å². The van der Waals surface area contributed by atoms with Gasteiger partial charge in [-0.15, -0.1) is 0 Å². The maximum atomic E-state index is 5.86. The van der Waals surface area contributed by atoms with Crippen molar-refractivity contribution in [2.24, 2.45) is 10.8 Å². The highest BCUT2D eigenvalue weighted by Gasteiger charge is 2.26. The Morgan fingerprint density at radius 1 is 0.625 bits per heavy atom. The van der Waals surface area contributed by atoms with Crippen LogP contribution in [-0.4, -0.2) is 18.5 Å². The standard InChI is InChI=1S/C14H30O2/c1-10(13(4,5)6)15-12(3)16-11(2)14(7,8)9/h10-12H,1-9H3. The van der Waals surface area contributed by atoms with Crippen molar-refractivity contribution in [3.05, 3.63) is 0 Å². The second-order valence-corrected chi connectivity index (χ2v) is 6.86. The maximum Gasteiger partial charge on any atom is 0.155 e. The van der Waals surface area contributed by atoms with E-state index >= 15 is 0 Å². The third-order valence-corrected chi connectivity index (χ3v) is 3.23. The van der Waals surface area contributed by atoms with Gasteiger partial charge in [0.2, 0.25) is 0 Å². The molecule has 0 bridgehead atoms. The molecule has 0 saturated carbocycles. The molecule has 0 aromatic rings. The summed E-state index contributed by atoms with van der Waals surface area (Å²) in [6.07, 6.45) is 0.229. The molecule has 0 spiro atoms. The van der Waals surface area contributed by atoms with Crippen molar-refractivity contribution in [1.29, 1.82) is 0 Å². The SMILES string of the molecule is CC(OC(C)C(C)(C)C)OC(C)C(C)(C)C. The molecular weight excluding hydrogens is 200 g/mol. The second kappa shape index (κ2) is 5.50. The zero-order valence-electron chi connectivity index (χ0n) is 12.5. The van der Waals surface area contributed by atoms with Gasteiger partial charge in [0.15, 0.2) is 6.29 Å². The molecule has 0 heterocycles. The fourth-order valence-electron chi connectivity index (χ4n) is 1.02. The van der Waals surface area contributed by atoms with Crippen LogP contribution in [0.5, 0.6) is 0 Å². The monoisotopic (exact) mass is 230 g/mol. The summed E-state index contributed by atoms with van der Waals surface area (Å²) in [7, 11) is 0. The lowest BCUT2D eigenvalue weighted by atomic mass is 9.90. The molecule has 0 aromatic heterocycles. The summed E-state index contributed by atoms with van der Waals surface area (Å²) in [6.45, 7) is 19.2. The molecule has 16 heavy (non-hydrogen) atoms. The minimum atomic E-state index is -0.150. The smallest absolute Gasteiger partial charge is 0.155 e. The molecule has 0 aliphatic heterocycles. The highest BCUT2D eigenvalue weighted by Crippen LogP contribution is 2.26. The van der Waals surface area contributed by atoms with Crippen LogP contribution < -0.4 is 0 Å². The van der Waals surface area contributed by atoms with E-state index in [0.29, 0.717) is 0 Å². The van der Waals surface area contributed by atoms with E-state index in [4.69, 9.17) is 9.47 Å². The van der Waals surface area contributed by atoms with Crippen molar-refractivity contribution < 1.29 is 9.47 Å². The molecule has 2 heteroatoms. The Balaban J connectivity index is 4.15. The van der Waals surface area contributed by atoms with Crippen LogP contribution >= 0.6 is 0 Å². The summed E-state index contributed by atoms with van der Waals surface area (Å²) in [6, 6.07) is 0. The average Bonchev–Trinajstić information content (AvgIpc) is 1.99. The molecule has 2 atom stereocenters. The lowest BCUT2D eigenvalue weighted by Gasteiger charge is -2.34. The zero-order chi connectivity index (χ0) is 13.1. The highest BCUT2D eigenvalue weighted by atomic mass is 16.7. The molecule has 0 saturated heterocycles. The fraction of sp³-hybridized carbons (Fsp3) is 1.00. The van der Waals surface area contributed by atoms with Crippen LogP contribution in [0.15, 0.2) is 0 Å². The van der Waals surface area contributed by atoms with Crippen LogP contribution in [0.4, 0.5) is 0 Å². The van der Waals surface area contributed by atoms with E-state index < -0.39 is 0 Å². The Kier molecular flexibility index (Phi) is 5.48. The summed E-state index contributed by atoms with van der Waals surface area (Å²) in [5.74, 6) is 0. The molecule has 0 aliphatic rings. The molecule has 2 unspecified atom stereocenters. The summed E-state index contributed by atoms with van der Waals surface area (Å²) >= 11 is 0. The Hall–Kier alpha value is -0.0800. The first-order chi connectivity index (χ1) is 6.94. The lowest BCUT2D eigenvalue weighted by Crippen LogP contribution is -2.35. The van der Waals surface area contributed by atoms with E-state index in [0.717, 1.165) is 0 Å². The zero-order valence-corrected chi connectivity index (χ0v) is 12.5. The number of ether oxygens (including phenoxy) is 2. The average molecular weight is 230 g/mol. The van der Waals surface area contributed by atoms with Gasteiger partial charge in [-0.05, 0) is 31.6 Å². The van der Waals surface area contributed by atoms with E-state index in [1.807, 2.05) is 6.92 Å². The van der Waals surface area contributed by atoms with Gasteiger partial charge in [-0.1, -0.05) is 41.5 Å². The van der Waals surface area contributed by atoms with Gasteiger partial charge in [-0.2, -0.15) is 0 Å². The Morgan fingerprint density at radius 2 is 0.875 bits per heavy atom. The first kappa shape index (κ1) is 15.9. The topological polar surface area (TPSA) is 18.5 Å². The summed E-state index contributed by atoms with van der Waals surface area (Å²) < 4.78 is 11.7. The van der Waals surface area contributed by atoms with Gasteiger partial charge in [0.1, 0.15) is 0 Å². The van der Waals surface area contributed by atoms with Gasteiger partial charge >= 0.3 is 0 Å². The minimum Gasteiger partial charge on any atom is -0.349 e. The number of rotatable bonds is 4. The first-order valence-corrected chi connectivity index (χ1v) is 6.25. The van der Waals surface area contributed by atoms with Crippen LogP contribution in [0.1, 0.15) is 62.3 Å². The molecule has 0 N–H and O–H groups in total. The summed E-state index contributed by atoms with van der Waals surface area (Å²) in [5.41, 5.74) is 0.311. The molecule has 0 amide bonds.